The van der Waals surface area contributed by atoms with Gasteiger partial charge in [-0.1, -0.05) is 41.7 Å². The third-order valence-corrected chi connectivity index (χ3v) is 4.34. The van der Waals surface area contributed by atoms with Gasteiger partial charge in [-0.3, -0.25) is 4.79 Å². The monoisotopic (exact) mass is 342 g/mol. The normalized spacial score (nSPS) is 12.0. The van der Waals surface area contributed by atoms with Crippen molar-refractivity contribution in [1.82, 2.24) is 14.8 Å². The standard InChI is InChI=1S/C17H18N4O2S/c1-23-12-16-19-20-17(24-16)18-15(22)11-14(21-9-5-6-10-21)13-7-3-2-4-8-13/h2-10,14H,11-12H2,1H3,(H,18,20,22)/t14-/m1/s1. The predicted octanol–water partition coefficient (Wildman–Crippen LogP) is 3.10. The number of nitrogens with zero attached hydrogens (tertiary/aromatic N) is 3. The van der Waals surface area contributed by atoms with Crippen molar-refractivity contribution in [3.63, 3.8) is 0 Å². The smallest absolute Gasteiger partial charge is 0.228 e. The summed E-state index contributed by atoms with van der Waals surface area (Å²) in [6.45, 7) is 0.392. The maximum absolute atomic E-state index is 12.4. The Morgan fingerprint density at radius 2 is 1.96 bits per heavy atom. The quantitative estimate of drug-likeness (QED) is 0.716. The number of hydrogen-bond acceptors (Lipinski definition) is 5. The van der Waals surface area contributed by atoms with E-state index in [0.29, 0.717) is 18.2 Å². The van der Waals surface area contributed by atoms with Gasteiger partial charge in [0.2, 0.25) is 11.0 Å². The van der Waals surface area contributed by atoms with Crippen LogP contribution in [0.1, 0.15) is 23.0 Å². The number of carbonyl (C=O) groups excluding carboxylic acids is 1. The van der Waals surface area contributed by atoms with E-state index in [0.717, 1.165) is 10.6 Å². The Kier molecular flexibility index (Phi) is 5.35. The highest BCUT2D eigenvalue weighted by Gasteiger charge is 2.18. The molecule has 124 valence electrons. The van der Waals surface area contributed by atoms with Gasteiger partial charge in [0, 0.05) is 19.5 Å². The molecule has 0 unspecified atom stereocenters. The van der Waals surface area contributed by atoms with E-state index in [4.69, 9.17) is 4.74 Å². The van der Waals surface area contributed by atoms with E-state index in [2.05, 4.69) is 15.5 Å². The van der Waals surface area contributed by atoms with E-state index in [1.54, 1.807) is 7.11 Å². The van der Waals surface area contributed by atoms with Gasteiger partial charge >= 0.3 is 0 Å². The average molecular weight is 342 g/mol. The lowest BCUT2D eigenvalue weighted by Gasteiger charge is -2.18. The van der Waals surface area contributed by atoms with Crippen LogP contribution in [0, 0.1) is 0 Å². The number of methoxy groups -OCH3 is 1. The molecule has 1 atom stereocenters. The summed E-state index contributed by atoms with van der Waals surface area (Å²) >= 11 is 1.32. The van der Waals surface area contributed by atoms with Crippen LogP contribution in [0.25, 0.3) is 0 Å². The highest BCUT2D eigenvalue weighted by molar-refractivity contribution is 7.15. The zero-order valence-electron chi connectivity index (χ0n) is 13.3. The Hall–Kier alpha value is -2.51. The van der Waals surface area contributed by atoms with Gasteiger partial charge in [-0.05, 0) is 17.7 Å². The topological polar surface area (TPSA) is 69.0 Å². The van der Waals surface area contributed by atoms with Crippen molar-refractivity contribution in [2.45, 2.75) is 19.1 Å². The Labute approximate surface area is 144 Å². The van der Waals surface area contributed by atoms with Gasteiger partial charge in [0.25, 0.3) is 0 Å². The summed E-state index contributed by atoms with van der Waals surface area (Å²) in [6.07, 6.45) is 4.25. The van der Waals surface area contributed by atoms with Crippen molar-refractivity contribution >= 4 is 22.4 Å². The van der Waals surface area contributed by atoms with E-state index in [-0.39, 0.29) is 11.9 Å². The third kappa shape index (κ3) is 4.06. The zero-order valence-corrected chi connectivity index (χ0v) is 14.1. The number of benzene rings is 1. The van der Waals surface area contributed by atoms with E-state index in [1.807, 2.05) is 59.4 Å². The number of anilines is 1. The SMILES string of the molecule is COCc1nnc(NC(=O)C[C@H](c2ccccc2)n2cccc2)s1. The van der Waals surface area contributed by atoms with Crippen LogP contribution in [0.4, 0.5) is 5.13 Å². The highest BCUT2D eigenvalue weighted by atomic mass is 32.1. The second-order valence-corrected chi connectivity index (χ2v) is 6.31. The molecule has 0 spiro atoms. The van der Waals surface area contributed by atoms with Gasteiger partial charge in [0.15, 0.2) is 0 Å². The Balaban J connectivity index is 1.71. The molecule has 3 rings (SSSR count). The first-order chi connectivity index (χ1) is 11.8. The lowest BCUT2D eigenvalue weighted by atomic mass is 10.0. The number of ether oxygens (including phenoxy) is 1. The minimum Gasteiger partial charge on any atom is -0.377 e. The molecule has 6 nitrogen and oxygen atoms in total. The fourth-order valence-electron chi connectivity index (χ4n) is 2.46. The summed E-state index contributed by atoms with van der Waals surface area (Å²) in [7, 11) is 1.60. The van der Waals surface area contributed by atoms with Crippen LogP contribution in [0.5, 0.6) is 0 Å². The first-order valence-corrected chi connectivity index (χ1v) is 8.36. The van der Waals surface area contributed by atoms with Crippen LogP contribution < -0.4 is 5.32 Å². The lowest BCUT2D eigenvalue weighted by molar-refractivity contribution is -0.116. The molecule has 2 aromatic heterocycles. The molecule has 1 amide bonds. The number of rotatable bonds is 7. The Morgan fingerprint density at radius 1 is 1.21 bits per heavy atom. The van der Waals surface area contributed by atoms with Gasteiger partial charge in [-0.15, -0.1) is 10.2 Å². The van der Waals surface area contributed by atoms with Gasteiger partial charge in [-0.2, -0.15) is 0 Å². The van der Waals surface area contributed by atoms with Crippen molar-refractivity contribution in [3.8, 4) is 0 Å². The van der Waals surface area contributed by atoms with Crippen LogP contribution in [0.3, 0.4) is 0 Å². The highest BCUT2D eigenvalue weighted by Crippen LogP contribution is 2.23. The molecule has 0 aliphatic carbocycles. The van der Waals surface area contributed by atoms with E-state index in [1.165, 1.54) is 11.3 Å². The number of aromatic nitrogens is 3. The van der Waals surface area contributed by atoms with Gasteiger partial charge in [-0.25, -0.2) is 0 Å². The maximum Gasteiger partial charge on any atom is 0.228 e. The molecule has 2 heterocycles. The molecule has 0 bridgehead atoms. The molecule has 1 N–H and O–H groups in total. The van der Waals surface area contributed by atoms with Crippen LogP contribution >= 0.6 is 11.3 Å². The largest absolute Gasteiger partial charge is 0.377 e. The summed E-state index contributed by atoms with van der Waals surface area (Å²) in [6, 6.07) is 13.8. The Morgan fingerprint density at radius 3 is 2.67 bits per heavy atom. The van der Waals surface area contributed by atoms with E-state index < -0.39 is 0 Å². The molecule has 0 fully saturated rings. The summed E-state index contributed by atoms with van der Waals surface area (Å²) in [4.78, 5) is 12.4. The van der Waals surface area contributed by atoms with Gasteiger partial charge in [0.1, 0.15) is 11.6 Å². The van der Waals surface area contributed by atoms with Crippen LogP contribution in [-0.4, -0.2) is 27.8 Å². The molecule has 3 aromatic rings. The molecule has 24 heavy (non-hydrogen) atoms. The molecule has 1 aromatic carbocycles. The third-order valence-electron chi connectivity index (χ3n) is 3.53. The minimum absolute atomic E-state index is 0.0624. The number of nitrogens with one attached hydrogen (secondary N) is 1. The molecule has 0 saturated heterocycles. The molecule has 0 radical (unpaired) electrons. The van der Waals surface area contributed by atoms with Crippen LogP contribution in [-0.2, 0) is 16.1 Å². The van der Waals surface area contributed by atoms with Crippen molar-refractivity contribution in [2.75, 3.05) is 12.4 Å². The second-order valence-electron chi connectivity index (χ2n) is 5.24. The van der Waals surface area contributed by atoms with Crippen molar-refractivity contribution in [2.24, 2.45) is 0 Å². The van der Waals surface area contributed by atoms with Crippen LogP contribution in [0.2, 0.25) is 0 Å². The first kappa shape index (κ1) is 16.4. The van der Waals surface area contributed by atoms with Gasteiger partial charge in [0.05, 0.1) is 12.5 Å². The molecule has 0 aliphatic heterocycles. The molecular formula is C17H18N4O2S. The number of amides is 1. The molecule has 0 saturated carbocycles. The maximum atomic E-state index is 12.4. The summed E-state index contributed by atoms with van der Waals surface area (Å²) in [5.74, 6) is -0.0994. The predicted molar refractivity (Wildman–Crippen MR) is 92.9 cm³/mol. The van der Waals surface area contributed by atoms with Crippen molar-refractivity contribution in [1.29, 1.82) is 0 Å². The van der Waals surface area contributed by atoms with Crippen LogP contribution in [0.15, 0.2) is 54.9 Å². The Bertz CT molecular complexity index is 771. The molecule has 7 heteroatoms. The average Bonchev–Trinajstić information content (AvgIpc) is 3.26. The van der Waals surface area contributed by atoms with E-state index in [9.17, 15) is 4.79 Å². The summed E-state index contributed by atoms with van der Waals surface area (Å²) < 4.78 is 7.04. The zero-order chi connectivity index (χ0) is 16.8. The molecular weight excluding hydrogens is 324 g/mol. The van der Waals surface area contributed by atoms with Crippen molar-refractivity contribution < 1.29 is 9.53 Å². The first-order valence-electron chi connectivity index (χ1n) is 7.55. The minimum atomic E-state index is -0.0994. The van der Waals surface area contributed by atoms with E-state index >= 15 is 0 Å². The summed E-state index contributed by atoms with van der Waals surface area (Å²) in [5.41, 5.74) is 1.08. The van der Waals surface area contributed by atoms with Gasteiger partial charge < -0.3 is 14.6 Å². The molecule has 0 aliphatic rings. The fourth-order valence-corrected chi connectivity index (χ4v) is 3.19. The van der Waals surface area contributed by atoms with Crippen molar-refractivity contribution in [3.05, 3.63) is 65.4 Å². The number of hydrogen-bond donors (Lipinski definition) is 1. The lowest BCUT2D eigenvalue weighted by Crippen LogP contribution is -2.19. The number of carbonyl (C=O) groups is 1. The summed E-state index contributed by atoms with van der Waals surface area (Å²) in [5, 5.41) is 12.0. The fraction of sp³-hybridized carbons (Fsp3) is 0.235. The second kappa shape index (κ2) is 7.85.